The number of aromatic amines is 1. The van der Waals surface area contributed by atoms with Crippen LogP contribution in [0.3, 0.4) is 0 Å². The fraction of sp³-hybridized carbons (Fsp3) is 0.368. The number of carbonyl (C=O) groups excluding carboxylic acids is 1. The fourth-order valence-electron chi connectivity index (χ4n) is 3.40. The van der Waals surface area contributed by atoms with Crippen LogP contribution in [-0.2, 0) is 4.79 Å². The minimum Gasteiger partial charge on any atom is -0.344 e. The van der Waals surface area contributed by atoms with Gasteiger partial charge >= 0.3 is 0 Å². The SMILES string of the molecule is CC(Nc1nc2c(cnn2-c2ccccc2)c(=O)[nH]1)C(=O)N1CCCCC1. The molecule has 1 aliphatic heterocycles. The summed E-state index contributed by atoms with van der Waals surface area (Å²) in [5.41, 5.74) is 0.973. The molecule has 1 amide bonds. The van der Waals surface area contributed by atoms with E-state index in [0.29, 0.717) is 11.0 Å². The van der Waals surface area contributed by atoms with Crippen LogP contribution in [0.25, 0.3) is 16.7 Å². The molecule has 0 aliphatic carbocycles. The summed E-state index contributed by atoms with van der Waals surface area (Å²) in [6.45, 7) is 3.36. The Hall–Kier alpha value is -3.16. The highest BCUT2D eigenvalue weighted by atomic mass is 16.2. The first-order valence-corrected chi connectivity index (χ1v) is 9.22. The van der Waals surface area contributed by atoms with Gasteiger partial charge in [0.15, 0.2) is 5.65 Å². The molecule has 4 rings (SSSR count). The third kappa shape index (κ3) is 3.42. The van der Waals surface area contributed by atoms with Crippen LogP contribution < -0.4 is 10.9 Å². The van der Waals surface area contributed by atoms with Crippen LogP contribution in [0.1, 0.15) is 26.2 Å². The van der Waals surface area contributed by atoms with Crippen molar-refractivity contribution >= 4 is 22.9 Å². The van der Waals surface area contributed by atoms with E-state index in [0.717, 1.165) is 31.6 Å². The van der Waals surface area contributed by atoms with Gasteiger partial charge in [-0.25, -0.2) is 4.68 Å². The highest BCUT2D eigenvalue weighted by molar-refractivity contribution is 5.84. The summed E-state index contributed by atoms with van der Waals surface area (Å²) >= 11 is 0. The second-order valence-electron chi connectivity index (χ2n) is 6.80. The number of hydrogen-bond acceptors (Lipinski definition) is 5. The molecular formula is C19H22N6O2. The lowest BCUT2D eigenvalue weighted by atomic mass is 10.1. The molecule has 140 valence electrons. The number of amides is 1. The Morgan fingerprint density at radius 3 is 2.67 bits per heavy atom. The van der Waals surface area contributed by atoms with Crippen molar-refractivity contribution in [2.24, 2.45) is 0 Å². The molecule has 0 radical (unpaired) electrons. The standard InChI is InChI=1S/C19H22N6O2/c1-13(18(27)24-10-6-3-7-11-24)21-19-22-16-15(17(26)23-19)12-20-25(16)14-8-4-2-5-9-14/h2,4-5,8-9,12-13H,3,6-7,10-11H2,1H3,(H2,21,22,23,26). The number of rotatable bonds is 4. The van der Waals surface area contributed by atoms with Crippen LogP contribution >= 0.6 is 0 Å². The van der Waals surface area contributed by atoms with E-state index in [-0.39, 0.29) is 17.4 Å². The first-order chi connectivity index (χ1) is 13.1. The third-order valence-electron chi connectivity index (χ3n) is 4.83. The maximum absolute atomic E-state index is 12.6. The van der Waals surface area contributed by atoms with Crippen molar-refractivity contribution in [1.82, 2.24) is 24.6 Å². The minimum atomic E-state index is -0.475. The Balaban J connectivity index is 1.62. The molecule has 3 heterocycles. The number of aromatic nitrogens is 4. The monoisotopic (exact) mass is 366 g/mol. The quantitative estimate of drug-likeness (QED) is 0.735. The van der Waals surface area contributed by atoms with Crippen molar-refractivity contribution in [3.63, 3.8) is 0 Å². The van der Waals surface area contributed by atoms with Gasteiger partial charge in [-0.05, 0) is 38.3 Å². The van der Waals surface area contributed by atoms with E-state index in [2.05, 4.69) is 20.4 Å². The lowest BCUT2D eigenvalue weighted by Gasteiger charge is -2.29. The number of para-hydroxylation sites is 1. The van der Waals surface area contributed by atoms with Gasteiger partial charge in [-0.15, -0.1) is 0 Å². The summed E-state index contributed by atoms with van der Waals surface area (Å²) in [5, 5.41) is 7.73. The first kappa shape index (κ1) is 17.3. The van der Waals surface area contributed by atoms with Gasteiger partial charge in [-0.1, -0.05) is 18.2 Å². The van der Waals surface area contributed by atoms with Crippen molar-refractivity contribution in [1.29, 1.82) is 0 Å². The molecular weight excluding hydrogens is 344 g/mol. The Kier molecular flexibility index (Phi) is 4.62. The van der Waals surface area contributed by atoms with Gasteiger partial charge in [0.05, 0.1) is 11.9 Å². The summed E-state index contributed by atoms with van der Waals surface area (Å²) < 4.78 is 1.62. The minimum absolute atomic E-state index is 0.0222. The second kappa shape index (κ2) is 7.22. The number of fused-ring (bicyclic) bond motifs is 1. The van der Waals surface area contributed by atoms with E-state index in [1.165, 1.54) is 12.6 Å². The maximum atomic E-state index is 12.6. The third-order valence-corrected chi connectivity index (χ3v) is 4.83. The molecule has 0 bridgehead atoms. The van der Waals surface area contributed by atoms with Gasteiger partial charge < -0.3 is 10.2 Å². The van der Waals surface area contributed by atoms with Gasteiger partial charge in [0.2, 0.25) is 11.9 Å². The van der Waals surface area contributed by atoms with E-state index >= 15 is 0 Å². The number of piperidine rings is 1. The summed E-state index contributed by atoms with van der Waals surface area (Å²) in [6.07, 6.45) is 4.74. The molecule has 1 aromatic carbocycles. The predicted octanol–water partition coefficient (Wildman–Crippen LogP) is 1.92. The molecule has 8 nitrogen and oxygen atoms in total. The molecule has 1 aliphatic rings. The molecule has 0 spiro atoms. The number of benzene rings is 1. The lowest BCUT2D eigenvalue weighted by Crippen LogP contribution is -2.44. The van der Waals surface area contributed by atoms with Crippen molar-refractivity contribution in [3.8, 4) is 5.69 Å². The number of H-pyrrole nitrogens is 1. The molecule has 0 saturated carbocycles. The largest absolute Gasteiger partial charge is 0.344 e. The molecule has 1 saturated heterocycles. The summed E-state index contributed by atoms with van der Waals surface area (Å²) in [6, 6.07) is 9.02. The summed E-state index contributed by atoms with van der Waals surface area (Å²) in [4.78, 5) is 34.1. The topological polar surface area (TPSA) is 95.9 Å². The summed E-state index contributed by atoms with van der Waals surface area (Å²) in [5.74, 6) is 0.289. The molecule has 27 heavy (non-hydrogen) atoms. The average molecular weight is 366 g/mol. The van der Waals surface area contributed by atoms with Gasteiger partial charge in [-0.2, -0.15) is 10.1 Å². The number of carbonyl (C=O) groups is 1. The van der Waals surface area contributed by atoms with Crippen molar-refractivity contribution in [2.75, 3.05) is 18.4 Å². The Labute approximate surface area is 156 Å². The molecule has 1 atom stereocenters. The normalized spacial score (nSPS) is 15.7. The maximum Gasteiger partial charge on any atom is 0.263 e. The second-order valence-corrected chi connectivity index (χ2v) is 6.80. The lowest BCUT2D eigenvalue weighted by molar-refractivity contribution is -0.132. The average Bonchev–Trinajstić information content (AvgIpc) is 3.13. The van der Waals surface area contributed by atoms with Gasteiger partial charge in [0.25, 0.3) is 5.56 Å². The molecule has 1 unspecified atom stereocenters. The highest BCUT2D eigenvalue weighted by Crippen LogP contribution is 2.16. The Morgan fingerprint density at radius 2 is 1.93 bits per heavy atom. The zero-order valence-corrected chi connectivity index (χ0v) is 15.2. The van der Waals surface area contributed by atoms with Gasteiger partial charge in [-0.3, -0.25) is 14.6 Å². The van der Waals surface area contributed by atoms with Crippen LogP contribution in [0.15, 0.2) is 41.3 Å². The molecule has 1 fully saturated rings. The van der Waals surface area contributed by atoms with E-state index in [1.807, 2.05) is 35.2 Å². The van der Waals surface area contributed by atoms with E-state index in [1.54, 1.807) is 11.6 Å². The van der Waals surface area contributed by atoms with Crippen molar-refractivity contribution in [3.05, 3.63) is 46.9 Å². The molecule has 3 aromatic rings. The van der Waals surface area contributed by atoms with Crippen LogP contribution in [0.4, 0.5) is 5.95 Å². The van der Waals surface area contributed by atoms with Gasteiger partial charge in [0.1, 0.15) is 11.4 Å². The van der Waals surface area contributed by atoms with Crippen LogP contribution in [0, 0.1) is 0 Å². The van der Waals surface area contributed by atoms with E-state index in [9.17, 15) is 9.59 Å². The number of hydrogen-bond donors (Lipinski definition) is 2. The number of nitrogens with zero attached hydrogens (tertiary/aromatic N) is 4. The van der Waals surface area contributed by atoms with E-state index < -0.39 is 6.04 Å². The van der Waals surface area contributed by atoms with Crippen LogP contribution in [-0.4, -0.2) is 49.7 Å². The Morgan fingerprint density at radius 1 is 1.19 bits per heavy atom. The highest BCUT2D eigenvalue weighted by Gasteiger charge is 2.23. The van der Waals surface area contributed by atoms with Gasteiger partial charge in [0, 0.05) is 13.1 Å². The zero-order valence-electron chi connectivity index (χ0n) is 15.2. The van der Waals surface area contributed by atoms with Crippen molar-refractivity contribution < 1.29 is 4.79 Å². The predicted molar refractivity (Wildman–Crippen MR) is 103 cm³/mol. The number of nitrogens with one attached hydrogen (secondary N) is 2. The fourth-order valence-corrected chi connectivity index (χ4v) is 3.40. The zero-order chi connectivity index (χ0) is 18.8. The number of anilines is 1. The first-order valence-electron chi connectivity index (χ1n) is 9.22. The molecule has 8 heteroatoms. The van der Waals surface area contributed by atoms with Crippen LogP contribution in [0.5, 0.6) is 0 Å². The molecule has 2 aromatic heterocycles. The van der Waals surface area contributed by atoms with E-state index in [4.69, 9.17) is 0 Å². The smallest absolute Gasteiger partial charge is 0.263 e. The van der Waals surface area contributed by atoms with Crippen LogP contribution in [0.2, 0.25) is 0 Å². The number of likely N-dealkylation sites (tertiary alicyclic amines) is 1. The summed E-state index contributed by atoms with van der Waals surface area (Å²) in [7, 11) is 0. The van der Waals surface area contributed by atoms with Crippen molar-refractivity contribution in [2.45, 2.75) is 32.2 Å². The Bertz CT molecular complexity index is 1000. The molecule has 2 N–H and O–H groups in total.